The molecule has 2 aliphatic carbocycles. The second-order valence-corrected chi connectivity index (χ2v) is 7.87. The first kappa shape index (κ1) is 14.7. The number of pyridine rings is 1. The third-order valence-electron chi connectivity index (χ3n) is 6.11. The monoisotopic (exact) mass is 350 g/mol. The summed E-state index contributed by atoms with van der Waals surface area (Å²) in [5, 5.41) is 2.90. The average molecular weight is 351 g/mol. The highest BCUT2D eigenvalue weighted by atomic mass is 79.9. The van der Waals surface area contributed by atoms with Gasteiger partial charge in [0.1, 0.15) is 11.6 Å². The summed E-state index contributed by atoms with van der Waals surface area (Å²) in [5.41, 5.74) is -1.30. The van der Waals surface area contributed by atoms with Gasteiger partial charge in [0, 0.05) is 22.5 Å². The summed E-state index contributed by atoms with van der Waals surface area (Å²) < 4.78 is 0.864. The number of rotatable bonds is 2. The second kappa shape index (κ2) is 4.38. The van der Waals surface area contributed by atoms with Gasteiger partial charge in [-0.15, -0.1) is 0 Å². The Morgan fingerprint density at radius 2 is 2.00 bits per heavy atom. The summed E-state index contributed by atoms with van der Waals surface area (Å²) in [6.45, 7) is 6.12. The molecule has 1 N–H and O–H groups in total. The molecule has 1 aromatic rings. The Hall–Kier alpha value is -1.23. The quantitative estimate of drug-likeness (QED) is 0.886. The molecule has 5 heteroatoms. The third-order valence-corrected chi connectivity index (χ3v) is 6.58. The van der Waals surface area contributed by atoms with Crippen LogP contribution in [-0.2, 0) is 9.59 Å². The van der Waals surface area contributed by atoms with Crippen LogP contribution in [0.1, 0.15) is 40.0 Å². The molecule has 2 aliphatic rings. The zero-order chi connectivity index (χ0) is 15.5. The third kappa shape index (κ3) is 1.76. The van der Waals surface area contributed by atoms with E-state index in [0.717, 1.165) is 17.3 Å². The number of carbonyl (C=O) groups is 2. The number of hydrogen-bond acceptors (Lipinski definition) is 3. The molecule has 0 aliphatic heterocycles. The summed E-state index contributed by atoms with van der Waals surface area (Å²) in [7, 11) is 0. The topological polar surface area (TPSA) is 59.1 Å². The van der Waals surface area contributed by atoms with Crippen molar-refractivity contribution in [3.8, 4) is 0 Å². The minimum Gasteiger partial charge on any atom is -0.310 e. The molecule has 0 radical (unpaired) electrons. The summed E-state index contributed by atoms with van der Waals surface area (Å²) in [6, 6.07) is 3.60. The van der Waals surface area contributed by atoms with Gasteiger partial charge in [0.2, 0.25) is 5.91 Å². The lowest BCUT2D eigenvalue weighted by Crippen LogP contribution is -2.43. The van der Waals surface area contributed by atoms with E-state index in [9.17, 15) is 9.59 Å². The molecule has 2 saturated carbocycles. The molecular formula is C16H19BrN2O2. The number of nitrogens with zero attached hydrogens (tertiary/aromatic N) is 1. The van der Waals surface area contributed by atoms with Crippen LogP contribution in [0.2, 0.25) is 0 Å². The van der Waals surface area contributed by atoms with Gasteiger partial charge in [-0.1, -0.05) is 20.8 Å². The van der Waals surface area contributed by atoms with Crippen molar-refractivity contribution in [2.75, 3.05) is 5.32 Å². The number of anilines is 1. The van der Waals surface area contributed by atoms with E-state index < -0.39 is 5.41 Å². The van der Waals surface area contributed by atoms with Gasteiger partial charge in [-0.2, -0.15) is 0 Å². The van der Waals surface area contributed by atoms with Crippen molar-refractivity contribution in [3.05, 3.63) is 22.8 Å². The molecule has 2 atom stereocenters. The number of hydrogen-bond donors (Lipinski definition) is 1. The van der Waals surface area contributed by atoms with Crippen molar-refractivity contribution in [3.63, 3.8) is 0 Å². The largest absolute Gasteiger partial charge is 0.310 e. The molecule has 0 unspecified atom stereocenters. The zero-order valence-corrected chi connectivity index (χ0v) is 14.1. The number of aromatic nitrogens is 1. The van der Waals surface area contributed by atoms with Crippen LogP contribution < -0.4 is 5.32 Å². The van der Waals surface area contributed by atoms with Crippen LogP contribution in [0.5, 0.6) is 0 Å². The highest BCUT2D eigenvalue weighted by Gasteiger charge is 2.72. The van der Waals surface area contributed by atoms with Crippen molar-refractivity contribution in [1.82, 2.24) is 4.98 Å². The molecule has 1 amide bonds. The van der Waals surface area contributed by atoms with Crippen LogP contribution in [-0.4, -0.2) is 16.7 Å². The van der Waals surface area contributed by atoms with Gasteiger partial charge >= 0.3 is 0 Å². The summed E-state index contributed by atoms with van der Waals surface area (Å²) in [5.74, 6) is 0.677. The first-order chi connectivity index (χ1) is 9.73. The van der Waals surface area contributed by atoms with Crippen LogP contribution in [0.4, 0.5) is 5.82 Å². The molecule has 1 aromatic heterocycles. The highest BCUT2D eigenvalue weighted by molar-refractivity contribution is 9.10. The standard InChI is InChI=1S/C16H19BrN2O2/c1-14(2)15(3)6-7-16(14,8-11(15)20)13(21)19-12-5-4-10(17)9-18-12/h4-5,9H,6-8H2,1-3H3,(H,18,19,21)/t15-,16-/m1/s1. The van der Waals surface area contributed by atoms with E-state index in [1.54, 1.807) is 12.3 Å². The van der Waals surface area contributed by atoms with Crippen molar-refractivity contribution < 1.29 is 9.59 Å². The number of nitrogens with one attached hydrogen (secondary N) is 1. The molecule has 3 rings (SSSR count). The van der Waals surface area contributed by atoms with E-state index in [0.29, 0.717) is 12.2 Å². The van der Waals surface area contributed by atoms with Crippen LogP contribution in [0, 0.1) is 16.2 Å². The normalized spacial score (nSPS) is 33.2. The first-order valence-electron chi connectivity index (χ1n) is 7.19. The Morgan fingerprint density at radius 1 is 1.29 bits per heavy atom. The molecule has 2 fully saturated rings. The van der Waals surface area contributed by atoms with Gasteiger partial charge in [-0.3, -0.25) is 9.59 Å². The second-order valence-electron chi connectivity index (χ2n) is 6.95. The van der Waals surface area contributed by atoms with Crippen LogP contribution in [0.25, 0.3) is 0 Å². The summed E-state index contributed by atoms with van der Waals surface area (Å²) in [4.78, 5) is 29.4. The summed E-state index contributed by atoms with van der Waals surface area (Å²) >= 11 is 3.32. The fourth-order valence-corrected chi connectivity index (χ4v) is 4.28. The van der Waals surface area contributed by atoms with E-state index in [1.807, 2.05) is 13.0 Å². The number of fused-ring (bicyclic) bond motifs is 2. The van der Waals surface area contributed by atoms with Crippen molar-refractivity contribution >= 4 is 33.4 Å². The minimum absolute atomic E-state index is 0.0723. The van der Waals surface area contributed by atoms with Crippen LogP contribution in [0.15, 0.2) is 22.8 Å². The fourth-order valence-electron chi connectivity index (χ4n) is 4.05. The lowest BCUT2D eigenvalue weighted by molar-refractivity contribution is -0.131. The van der Waals surface area contributed by atoms with E-state index in [2.05, 4.69) is 40.1 Å². The number of amides is 1. The smallest absolute Gasteiger partial charge is 0.232 e. The average Bonchev–Trinajstić information content (AvgIpc) is 2.72. The van der Waals surface area contributed by atoms with E-state index >= 15 is 0 Å². The molecule has 2 bridgehead atoms. The number of ketones is 1. The number of halogens is 1. The van der Waals surface area contributed by atoms with Gasteiger partial charge < -0.3 is 5.32 Å². The first-order valence-corrected chi connectivity index (χ1v) is 7.99. The lowest BCUT2D eigenvalue weighted by atomic mass is 9.64. The van der Waals surface area contributed by atoms with Gasteiger partial charge in [0.05, 0.1) is 5.41 Å². The molecule has 0 aromatic carbocycles. The Morgan fingerprint density at radius 3 is 2.48 bits per heavy atom. The van der Waals surface area contributed by atoms with Crippen molar-refractivity contribution in [2.45, 2.75) is 40.0 Å². The van der Waals surface area contributed by atoms with Crippen molar-refractivity contribution in [1.29, 1.82) is 0 Å². The lowest BCUT2D eigenvalue weighted by Gasteiger charge is -2.38. The molecule has 1 heterocycles. The fraction of sp³-hybridized carbons (Fsp3) is 0.562. The van der Waals surface area contributed by atoms with Gasteiger partial charge in [-0.05, 0) is 46.3 Å². The molecule has 21 heavy (non-hydrogen) atoms. The molecule has 112 valence electrons. The van der Waals surface area contributed by atoms with Crippen molar-refractivity contribution in [2.24, 2.45) is 16.2 Å². The van der Waals surface area contributed by atoms with Gasteiger partial charge in [0.15, 0.2) is 0 Å². The SMILES string of the molecule is CC1(C)[C@]2(C(=O)Nc3ccc(Br)cn3)CC[C@]1(C)C(=O)C2. The van der Waals surface area contributed by atoms with Crippen LogP contribution >= 0.6 is 15.9 Å². The molecule has 0 saturated heterocycles. The Labute approximate surface area is 132 Å². The van der Waals surface area contributed by atoms with Crippen LogP contribution in [0.3, 0.4) is 0 Å². The predicted molar refractivity (Wildman–Crippen MR) is 83.7 cm³/mol. The van der Waals surface area contributed by atoms with E-state index in [4.69, 9.17) is 0 Å². The maximum absolute atomic E-state index is 12.9. The predicted octanol–water partition coefficient (Wildman–Crippen LogP) is 3.57. The molecule has 0 spiro atoms. The Bertz CT molecular complexity index is 626. The van der Waals surface area contributed by atoms with E-state index in [1.165, 1.54) is 0 Å². The highest BCUT2D eigenvalue weighted by Crippen LogP contribution is 2.70. The number of carbonyl (C=O) groups excluding carboxylic acids is 2. The Kier molecular flexibility index (Phi) is 3.07. The number of Topliss-reactive ketones (excluding diaryl/α,β-unsaturated/α-hetero) is 1. The van der Waals surface area contributed by atoms with E-state index in [-0.39, 0.29) is 22.5 Å². The minimum atomic E-state index is -0.604. The maximum Gasteiger partial charge on any atom is 0.232 e. The Balaban J connectivity index is 1.91. The maximum atomic E-state index is 12.9. The van der Waals surface area contributed by atoms with Gasteiger partial charge in [0.25, 0.3) is 0 Å². The zero-order valence-electron chi connectivity index (χ0n) is 12.5. The molecule has 4 nitrogen and oxygen atoms in total. The summed E-state index contributed by atoms with van der Waals surface area (Å²) in [6.07, 6.45) is 3.56. The van der Waals surface area contributed by atoms with Gasteiger partial charge in [-0.25, -0.2) is 4.98 Å². The molecular weight excluding hydrogens is 332 g/mol.